The molecule has 8 nitrogen and oxygen atoms in total. The summed E-state index contributed by atoms with van der Waals surface area (Å²) in [6.07, 6.45) is 0.00554. The van der Waals surface area contributed by atoms with Crippen molar-refractivity contribution < 1.29 is 32.2 Å². The number of methoxy groups -OCH3 is 1. The Balaban J connectivity index is 1.26. The molecule has 1 fully saturated rings. The lowest BCUT2D eigenvalue weighted by molar-refractivity contribution is -0.0392. The van der Waals surface area contributed by atoms with Gasteiger partial charge in [0.15, 0.2) is 0 Å². The van der Waals surface area contributed by atoms with Gasteiger partial charge in [-0.2, -0.15) is 5.26 Å². The maximum Gasteiger partial charge on any atom is 0.337 e. The largest absolute Gasteiger partial charge is 0.473 e. The van der Waals surface area contributed by atoms with Crippen molar-refractivity contribution in [1.82, 2.24) is 14.5 Å². The van der Waals surface area contributed by atoms with E-state index in [1.807, 2.05) is 10.6 Å². The lowest BCUT2D eigenvalue weighted by atomic mass is 10.0. The number of imidazole rings is 1. The molecule has 2 aromatic heterocycles. The summed E-state index contributed by atoms with van der Waals surface area (Å²) < 4.78 is 62.9. The quantitative estimate of drug-likeness (QED) is 0.192. The number of carbonyl (C=O) groups excluding carboxylic acids is 1. The van der Waals surface area contributed by atoms with Crippen molar-refractivity contribution in [1.29, 1.82) is 5.26 Å². The predicted octanol–water partition coefficient (Wildman–Crippen LogP) is 5.99. The minimum absolute atomic E-state index is 0.00554. The summed E-state index contributed by atoms with van der Waals surface area (Å²) in [6.45, 7) is 1.53. The first kappa shape index (κ1) is 28.9. The summed E-state index contributed by atoms with van der Waals surface area (Å²) in [4.78, 5) is 21.1. The number of hydrogen-bond acceptors (Lipinski definition) is 7. The van der Waals surface area contributed by atoms with E-state index in [0.29, 0.717) is 42.2 Å². The summed E-state index contributed by atoms with van der Waals surface area (Å²) in [6, 6.07) is 17.7. The normalized spacial score (nSPS) is 13.0. The van der Waals surface area contributed by atoms with E-state index in [1.54, 1.807) is 24.3 Å². The number of nitriles is 1. The van der Waals surface area contributed by atoms with E-state index in [4.69, 9.17) is 19.5 Å². The van der Waals surface area contributed by atoms with Crippen LogP contribution in [0.5, 0.6) is 5.88 Å². The van der Waals surface area contributed by atoms with Crippen LogP contribution in [-0.4, -0.2) is 40.8 Å². The third-order valence-electron chi connectivity index (χ3n) is 7.44. The van der Waals surface area contributed by atoms with Gasteiger partial charge in [0, 0.05) is 36.1 Å². The standard InChI is InChI=1S/C33H25F3N4O4/c1-42-33(41)21-7-8-29-30(11-21)40(15-20-16-43-17-20)31(38-29)12-23-10-27(36)24(13-26(23)35)28-3-2-4-32(39-28)44-18-22-6-5-19(14-37)9-25(22)34/h2-11,13,20H,12,15-18H2,1H3. The smallest absolute Gasteiger partial charge is 0.337 e. The molecule has 11 heteroatoms. The van der Waals surface area contributed by atoms with E-state index in [0.717, 1.165) is 18.2 Å². The number of hydrogen-bond donors (Lipinski definition) is 0. The molecule has 0 spiro atoms. The van der Waals surface area contributed by atoms with Crippen LogP contribution in [0.1, 0.15) is 32.9 Å². The lowest BCUT2D eigenvalue weighted by Crippen LogP contribution is -2.32. The number of rotatable bonds is 9. The average molecular weight is 599 g/mol. The van der Waals surface area contributed by atoms with Crippen LogP contribution in [0.2, 0.25) is 0 Å². The molecule has 3 heterocycles. The molecular formula is C33H25F3N4O4. The van der Waals surface area contributed by atoms with Crippen molar-refractivity contribution >= 4 is 17.0 Å². The summed E-state index contributed by atoms with van der Waals surface area (Å²) in [5, 5.41) is 8.91. The van der Waals surface area contributed by atoms with Crippen molar-refractivity contribution in [3.63, 3.8) is 0 Å². The molecule has 5 aromatic rings. The van der Waals surface area contributed by atoms with Gasteiger partial charge in [-0.3, -0.25) is 0 Å². The van der Waals surface area contributed by atoms with Crippen LogP contribution in [0, 0.1) is 34.7 Å². The summed E-state index contributed by atoms with van der Waals surface area (Å²) in [5.41, 5.74) is 2.24. The molecule has 0 aliphatic carbocycles. The van der Waals surface area contributed by atoms with Crippen LogP contribution < -0.4 is 4.74 Å². The maximum atomic E-state index is 15.5. The van der Waals surface area contributed by atoms with Gasteiger partial charge in [-0.1, -0.05) is 12.1 Å². The average Bonchev–Trinajstić information content (AvgIpc) is 3.35. The maximum absolute atomic E-state index is 15.5. The number of fused-ring (bicyclic) bond motifs is 1. The van der Waals surface area contributed by atoms with Gasteiger partial charge < -0.3 is 18.8 Å². The highest BCUT2D eigenvalue weighted by atomic mass is 19.1. The molecular weight excluding hydrogens is 573 g/mol. The monoisotopic (exact) mass is 598 g/mol. The second kappa shape index (κ2) is 12.2. The van der Waals surface area contributed by atoms with Crippen LogP contribution >= 0.6 is 0 Å². The molecule has 0 unspecified atom stereocenters. The van der Waals surface area contributed by atoms with Crippen molar-refractivity contribution in [3.8, 4) is 23.2 Å². The van der Waals surface area contributed by atoms with Gasteiger partial charge in [0.05, 0.1) is 54.2 Å². The Labute approximate surface area is 250 Å². The third-order valence-corrected chi connectivity index (χ3v) is 7.44. The Morgan fingerprint density at radius 3 is 2.55 bits per heavy atom. The molecule has 1 saturated heterocycles. The van der Waals surface area contributed by atoms with Crippen molar-refractivity contribution in [2.75, 3.05) is 20.3 Å². The number of carbonyl (C=O) groups is 1. The van der Waals surface area contributed by atoms with Crippen molar-refractivity contribution in [2.45, 2.75) is 19.6 Å². The lowest BCUT2D eigenvalue weighted by Gasteiger charge is -2.27. The number of esters is 1. The van der Waals surface area contributed by atoms with Gasteiger partial charge in [0.2, 0.25) is 5.88 Å². The number of benzene rings is 3. The fourth-order valence-corrected chi connectivity index (χ4v) is 5.03. The number of nitrogens with zero attached hydrogens (tertiary/aromatic N) is 4. The third kappa shape index (κ3) is 5.85. The first-order valence-electron chi connectivity index (χ1n) is 13.7. The molecule has 0 N–H and O–H groups in total. The van der Waals surface area contributed by atoms with Crippen LogP contribution in [0.3, 0.4) is 0 Å². The van der Waals surface area contributed by atoms with Gasteiger partial charge in [-0.25, -0.2) is 27.9 Å². The van der Waals surface area contributed by atoms with E-state index in [1.165, 1.54) is 31.4 Å². The van der Waals surface area contributed by atoms with Gasteiger partial charge in [0.1, 0.15) is 29.9 Å². The second-order valence-corrected chi connectivity index (χ2v) is 10.4. The number of aromatic nitrogens is 3. The zero-order chi connectivity index (χ0) is 30.8. The molecule has 3 aromatic carbocycles. The molecule has 0 bridgehead atoms. The summed E-state index contributed by atoms with van der Waals surface area (Å²) in [5.74, 6) is -1.57. The second-order valence-electron chi connectivity index (χ2n) is 10.4. The number of pyridine rings is 1. The van der Waals surface area contributed by atoms with Crippen LogP contribution in [0.25, 0.3) is 22.3 Å². The zero-order valence-corrected chi connectivity index (χ0v) is 23.5. The molecule has 6 rings (SSSR count). The fourth-order valence-electron chi connectivity index (χ4n) is 5.03. The van der Waals surface area contributed by atoms with Gasteiger partial charge in [-0.15, -0.1) is 0 Å². The van der Waals surface area contributed by atoms with E-state index in [9.17, 15) is 9.18 Å². The first-order valence-corrected chi connectivity index (χ1v) is 13.7. The van der Waals surface area contributed by atoms with E-state index in [-0.39, 0.29) is 52.8 Å². The predicted molar refractivity (Wildman–Crippen MR) is 153 cm³/mol. The Morgan fingerprint density at radius 1 is 1.00 bits per heavy atom. The minimum atomic E-state index is -0.688. The SMILES string of the molecule is COC(=O)c1ccc2nc(Cc3cc(F)c(-c4cccc(OCc5ccc(C#N)cc5F)n4)cc3F)n(CC3COC3)c2c1. The van der Waals surface area contributed by atoms with Crippen LogP contribution in [0.4, 0.5) is 13.2 Å². The molecule has 1 aliphatic rings. The Morgan fingerprint density at radius 2 is 1.82 bits per heavy atom. The Kier molecular flexibility index (Phi) is 8.00. The number of ether oxygens (including phenoxy) is 3. The summed E-state index contributed by atoms with van der Waals surface area (Å²) in [7, 11) is 1.30. The highest BCUT2D eigenvalue weighted by molar-refractivity contribution is 5.93. The molecule has 1 aliphatic heterocycles. The van der Waals surface area contributed by atoms with Crippen molar-refractivity contribution in [2.24, 2.45) is 5.92 Å². The molecule has 0 saturated carbocycles. The fraction of sp³-hybridized carbons (Fsp3) is 0.212. The van der Waals surface area contributed by atoms with Crippen molar-refractivity contribution in [3.05, 3.63) is 112 Å². The molecule has 44 heavy (non-hydrogen) atoms. The molecule has 0 radical (unpaired) electrons. The molecule has 222 valence electrons. The molecule has 0 amide bonds. The van der Waals surface area contributed by atoms with Gasteiger partial charge in [0.25, 0.3) is 0 Å². The van der Waals surface area contributed by atoms with Gasteiger partial charge >= 0.3 is 5.97 Å². The zero-order valence-electron chi connectivity index (χ0n) is 23.5. The van der Waals surface area contributed by atoms with E-state index >= 15 is 8.78 Å². The summed E-state index contributed by atoms with van der Waals surface area (Å²) >= 11 is 0. The topological polar surface area (TPSA) is 99.3 Å². The van der Waals surface area contributed by atoms with E-state index in [2.05, 4.69) is 9.97 Å². The highest BCUT2D eigenvalue weighted by Gasteiger charge is 2.24. The van der Waals surface area contributed by atoms with Crippen LogP contribution in [0.15, 0.2) is 66.7 Å². The molecule has 0 atom stereocenters. The van der Waals surface area contributed by atoms with Gasteiger partial charge in [-0.05, 0) is 54.1 Å². The van der Waals surface area contributed by atoms with E-state index < -0.39 is 23.4 Å². The highest BCUT2D eigenvalue weighted by Crippen LogP contribution is 2.29. The van der Waals surface area contributed by atoms with Crippen LogP contribution in [-0.2, 0) is 29.0 Å². The minimum Gasteiger partial charge on any atom is -0.473 e. The first-order chi connectivity index (χ1) is 21.3. The number of halogens is 3. The Bertz CT molecular complexity index is 1930. The Hall–Kier alpha value is -5.21.